The Labute approximate surface area is 515 Å². The molecule has 0 aromatic heterocycles. The van der Waals surface area contributed by atoms with Crippen molar-refractivity contribution in [1.29, 1.82) is 0 Å². The zero-order valence-electron chi connectivity index (χ0n) is 30.8. The number of carbonyl (C=O) groups is 1. The van der Waals surface area contributed by atoms with Crippen LogP contribution in [-0.4, -0.2) is 205 Å². The summed E-state index contributed by atoms with van der Waals surface area (Å²) in [6, 6.07) is 15.0. The van der Waals surface area contributed by atoms with Crippen molar-refractivity contribution in [2.75, 3.05) is 22.6 Å². The Hall–Kier alpha value is 2.00. The fraction of sp³-hybridized carbons (Fsp3) is 0. The third-order valence-electron chi connectivity index (χ3n) is 6.71. The molecule has 19 nitrogen and oxygen atoms in total. The maximum absolute atomic E-state index is 13.6. The number of rotatable bonds is 9. The van der Waals surface area contributed by atoms with Crippen molar-refractivity contribution in [3.05, 3.63) is 88.8 Å². The van der Waals surface area contributed by atoms with Gasteiger partial charge in [-0.25, -0.2) is 25.3 Å². The van der Waals surface area contributed by atoms with Gasteiger partial charge in [-0.3, -0.25) is 10.2 Å². The van der Waals surface area contributed by atoms with E-state index in [0.29, 0.717) is 34.9 Å². The molecule has 4 aromatic rings. The molecule has 0 amide bonds. The Morgan fingerprint density at radius 1 is 0.625 bits per heavy atom. The van der Waals surface area contributed by atoms with Crippen LogP contribution in [0.1, 0.15) is 15.9 Å². The van der Waals surface area contributed by atoms with E-state index >= 15 is 0 Å². The molecule has 0 atom stereocenters. The number of hydrogen-bond donors (Lipinski definition) is 4. The quantitative estimate of drug-likeness (QED) is 0.0399. The molecule has 1 aliphatic carbocycles. The van der Waals surface area contributed by atoms with E-state index in [2.05, 4.69) is 31.0 Å². The molecule has 3 radical (unpaired) electrons. The van der Waals surface area contributed by atoms with Crippen LogP contribution in [0, 0.1) is 0 Å². The number of hydrazone groups is 1. The van der Waals surface area contributed by atoms with Crippen molar-refractivity contribution in [2.24, 2.45) is 25.6 Å². The normalized spacial score (nSPS) is 13.1. The van der Waals surface area contributed by atoms with Gasteiger partial charge in [0.15, 0.2) is 0 Å². The minimum atomic E-state index is -5.46. The molecule has 4 aromatic carbocycles. The molecule has 0 spiro atoms. The Morgan fingerprint density at radius 3 is 1.64 bits per heavy atom. The van der Waals surface area contributed by atoms with Crippen molar-refractivity contribution in [2.45, 2.75) is 9.79 Å². The van der Waals surface area contributed by atoms with Crippen molar-refractivity contribution in [3.8, 4) is 0 Å². The molecule has 0 heterocycles. The van der Waals surface area contributed by atoms with Crippen LogP contribution in [0.15, 0.2) is 113 Å². The first-order valence-electron chi connectivity index (χ1n) is 13.5. The molecule has 0 saturated carbocycles. The Bertz CT molecular complexity index is 2550. The van der Waals surface area contributed by atoms with E-state index in [4.69, 9.17) is 17.2 Å². The first kappa shape index (κ1) is 60.1. The molecule has 7 N–H and O–H groups in total. The molecular weight excluding hydrogens is 905 g/mol. The molecule has 5 rings (SSSR count). The predicted octanol–water partition coefficient (Wildman–Crippen LogP) is -6.51. The number of anilines is 4. The Balaban J connectivity index is 0. The van der Waals surface area contributed by atoms with Crippen LogP contribution in [0.3, 0.4) is 0 Å². The monoisotopic (exact) mass is 924 g/mol. The molecule has 0 bridgehead atoms. The van der Waals surface area contributed by atoms with E-state index in [1.807, 2.05) is 0 Å². The predicted molar refractivity (Wildman–Crippen MR) is 194 cm³/mol. The number of fused-ring (bicyclic) bond motifs is 1. The number of carbonyl (C=O) groups excluding carboxylic acids is 1. The Morgan fingerprint density at radius 2 is 1.16 bits per heavy atom. The fourth-order valence-electron chi connectivity index (χ4n) is 4.37. The maximum atomic E-state index is 13.6. The number of hydrogen-bond acceptors (Lipinski definition) is 19. The minimum absolute atomic E-state index is 0. The molecule has 0 unspecified atom stereocenters. The standard InChI is InChI=1S/C28H23N9O10S3.3K.3Na/c29-15-1-10-21(20(30)13-15)35-32-16-2-4-17(5-3-16)33-36-26-22(49(42,43)44)11-14-12-23(50(45,46)47)27(28(38)24(14)25(26)31)37-34-18-6-8-19(9-7-18)48(39,40)41;;;;;;/h1-13,34H,29-31H2,(H,39,40,41)(H,42,43,44)(H,45,46,47);;;;;;/q;;;;3*+1/p-3/b35-32?,36-33?,37-27+;;;;;;. The average molecular weight is 925 g/mol. The number of Topliss-reactive ketones (excluding diaryl/α,β-unsaturated/α-hetero) is 1. The molecular formula is C28H20K3N9Na3O10S3. The first-order chi connectivity index (χ1) is 23.3. The van der Waals surface area contributed by atoms with Crippen molar-refractivity contribution in [1.82, 2.24) is 0 Å². The average Bonchev–Trinajstić information content (AvgIpc) is 3.02. The third kappa shape index (κ3) is 15.7. The van der Waals surface area contributed by atoms with Gasteiger partial charge in [-0.15, -0.1) is 10.2 Å². The van der Waals surface area contributed by atoms with Crippen molar-refractivity contribution < 1.29 is 132 Å². The topological polar surface area (TPSA) is 341 Å². The fourth-order valence-corrected chi connectivity index (χ4v) is 6.15. The van der Waals surface area contributed by atoms with Crippen LogP contribution >= 0.6 is 0 Å². The second-order valence-corrected chi connectivity index (χ2v) is 14.2. The van der Waals surface area contributed by atoms with Crippen LogP contribution in [0.5, 0.6) is 0 Å². The Kier molecular flexibility index (Phi) is 27.2. The van der Waals surface area contributed by atoms with Gasteiger partial charge in [0.1, 0.15) is 47.4 Å². The molecule has 0 aliphatic heterocycles. The number of benzene rings is 4. The van der Waals surface area contributed by atoms with Gasteiger partial charge in [0.05, 0.1) is 48.7 Å². The zero-order chi connectivity index (χ0) is 36.6. The number of azo groups is 2. The smallest absolute Gasteiger partial charge is 0.744 e. The summed E-state index contributed by atoms with van der Waals surface area (Å²) in [7, 11) is -15.6. The summed E-state index contributed by atoms with van der Waals surface area (Å²) in [4.78, 5) is 10.7. The summed E-state index contributed by atoms with van der Waals surface area (Å²) in [6.07, 6.45) is 0.601. The van der Waals surface area contributed by atoms with Gasteiger partial charge in [-0.05, 0) is 84.4 Å². The SMILES string of the molecule is Nc1ccc(N=Nc2ccc(N=Nc3c(S(=O)(=O)[O-])cc4c(c3N)C(=O)/C(=N/Nc3ccc(S(=O)(=O)[O-])cc3)C(S(=O)(=O)[O-])=C4)cc2)c(N)c1.[K].[K].[K].[Na+].[Na+].[Na+]. The number of nitrogens with zero attached hydrogens (tertiary/aromatic N) is 5. The number of nitrogen functional groups attached to an aromatic ring is 3. The second kappa shape index (κ2) is 25.3. The number of ketones is 1. The van der Waals surface area contributed by atoms with E-state index < -0.39 is 79.0 Å². The van der Waals surface area contributed by atoms with E-state index in [0.717, 1.165) is 24.3 Å². The van der Waals surface area contributed by atoms with Gasteiger partial charge in [0, 0.05) is 160 Å². The van der Waals surface area contributed by atoms with Gasteiger partial charge < -0.3 is 30.9 Å². The molecule has 0 saturated heterocycles. The van der Waals surface area contributed by atoms with E-state index in [9.17, 15) is 43.7 Å². The summed E-state index contributed by atoms with van der Waals surface area (Å²) in [5, 5.41) is 19.5. The van der Waals surface area contributed by atoms with Crippen LogP contribution < -0.4 is 111 Å². The first-order valence-corrected chi connectivity index (χ1v) is 17.7. The summed E-state index contributed by atoms with van der Waals surface area (Å²) < 4.78 is 107. The molecule has 261 valence electrons. The summed E-state index contributed by atoms with van der Waals surface area (Å²) >= 11 is 0. The summed E-state index contributed by atoms with van der Waals surface area (Å²) in [5.41, 5.74) is 17.9. The maximum Gasteiger partial charge on any atom is 1.00 e. The van der Waals surface area contributed by atoms with Gasteiger partial charge in [0.2, 0.25) is 5.78 Å². The summed E-state index contributed by atoms with van der Waals surface area (Å²) in [5.74, 6) is -1.29. The second-order valence-electron chi connectivity index (χ2n) is 10.1. The largest absolute Gasteiger partial charge is 1.00 e. The van der Waals surface area contributed by atoms with Crippen LogP contribution in [0.4, 0.5) is 45.5 Å². The van der Waals surface area contributed by atoms with E-state index in [1.165, 1.54) is 30.3 Å². The van der Waals surface area contributed by atoms with Crippen LogP contribution in [0.2, 0.25) is 0 Å². The van der Waals surface area contributed by atoms with Gasteiger partial charge >= 0.3 is 88.7 Å². The van der Waals surface area contributed by atoms with Crippen molar-refractivity contribution in [3.63, 3.8) is 0 Å². The van der Waals surface area contributed by atoms with E-state index in [1.54, 1.807) is 12.1 Å². The van der Waals surface area contributed by atoms with E-state index in [-0.39, 0.29) is 254 Å². The number of nitrogens with one attached hydrogen (secondary N) is 1. The van der Waals surface area contributed by atoms with Crippen LogP contribution in [-0.2, 0) is 30.4 Å². The molecule has 56 heavy (non-hydrogen) atoms. The van der Waals surface area contributed by atoms with Gasteiger partial charge in [-0.1, -0.05) is 0 Å². The summed E-state index contributed by atoms with van der Waals surface area (Å²) in [6.45, 7) is 0. The third-order valence-corrected chi connectivity index (χ3v) is 9.26. The zero-order valence-corrected chi connectivity index (χ0v) is 48.6. The molecule has 1 aliphatic rings. The van der Waals surface area contributed by atoms with Gasteiger partial charge in [-0.2, -0.15) is 15.3 Å². The molecule has 28 heteroatoms. The number of nitrogens with two attached hydrogens (primary N) is 3. The minimum Gasteiger partial charge on any atom is -0.744 e. The van der Waals surface area contributed by atoms with Gasteiger partial charge in [0.25, 0.3) is 0 Å². The number of allylic oxidation sites excluding steroid dienone is 1. The van der Waals surface area contributed by atoms with Crippen LogP contribution in [0.25, 0.3) is 6.08 Å². The molecule has 0 fully saturated rings. The van der Waals surface area contributed by atoms with Crippen molar-refractivity contribution >= 4 is 248 Å².